The molecule has 4 nitrogen and oxygen atoms in total. The highest BCUT2D eigenvalue weighted by atomic mass is 16.5. The van der Waals surface area contributed by atoms with Crippen LogP contribution in [0.3, 0.4) is 0 Å². The Morgan fingerprint density at radius 3 is 3.00 bits per heavy atom. The maximum Gasteiger partial charge on any atom is 0.122 e. The molecule has 18 heavy (non-hydrogen) atoms. The SMILES string of the molecule is Cc1c(C(O)c2ccc3c(c2)CCO3)cnn1C. The molecule has 1 aliphatic heterocycles. The van der Waals surface area contributed by atoms with Crippen LogP contribution in [0.4, 0.5) is 0 Å². The van der Waals surface area contributed by atoms with Gasteiger partial charge in [-0.1, -0.05) is 6.07 Å². The minimum atomic E-state index is -0.621. The molecule has 0 fully saturated rings. The standard InChI is InChI=1S/C14H16N2O2/c1-9-12(8-15-16(9)2)14(17)11-3-4-13-10(7-11)5-6-18-13/h3-4,7-8,14,17H,5-6H2,1-2H3. The van der Waals surface area contributed by atoms with Gasteiger partial charge in [-0.3, -0.25) is 4.68 Å². The van der Waals surface area contributed by atoms with E-state index in [0.29, 0.717) is 0 Å². The van der Waals surface area contributed by atoms with Crippen LogP contribution < -0.4 is 4.74 Å². The molecule has 0 aliphatic carbocycles. The Hall–Kier alpha value is -1.81. The lowest BCUT2D eigenvalue weighted by Crippen LogP contribution is -2.02. The summed E-state index contributed by atoms with van der Waals surface area (Å²) in [6.07, 6.45) is 2.02. The number of fused-ring (bicyclic) bond motifs is 1. The second-order valence-electron chi connectivity index (χ2n) is 4.68. The molecule has 0 bridgehead atoms. The number of aryl methyl sites for hydroxylation is 1. The average molecular weight is 244 g/mol. The Morgan fingerprint density at radius 1 is 1.44 bits per heavy atom. The van der Waals surface area contributed by atoms with E-state index >= 15 is 0 Å². The second kappa shape index (κ2) is 4.14. The largest absolute Gasteiger partial charge is 0.493 e. The highest BCUT2D eigenvalue weighted by Gasteiger charge is 2.19. The van der Waals surface area contributed by atoms with Crippen molar-refractivity contribution in [3.05, 3.63) is 46.8 Å². The first-order valence-corrected chi connectivity index (χ1v) is 6.09. The zero-order chi connectivity index (χ0) is 12.7. The van der Waals surface area contributed by atoms with E-state index in [-0.39, 0.29) is 0 Å². The fraction of sp³-hybridized carbons (Fsp3) is 0.357. The van der Waals surface area contributed by atoms with E-state index in [2.05, 4.69) is 5.10 Å². The van der Waals surface area contributed by atoms with Gasteiger partial charge in [0.25, 0.3) is 0 Å². The van der Waals surface area contributed by atoms with Gasteiger partial charge in [-0.05, 0) is 30.2 Å². The lowest BCUT2D eigenvalue weighted by molar-refractivity contribution is 0.219. The van der Waals surface area contributed by atoms with E-state index in [4.69, 9.17) is 4.74 Å². The van der Waals surface area contributed by atoms with E-state index in [9.17, 15) is 5.11 Å². The number of ether oxygens (including phenoxy) is 1. The van der Waals surface area contributed by atoms with Crippen molar-refractivity contribution in [1.82, 2.24) is 9.78 Å². The maximum absolute atomic E-state index is 10.4. The minimum Gasteiger partial charge on any atom is -0.493 e. The van der Waals surface area contributed by atoms with E-state index in [0.717, 1.165) is 35.6 Å². The molecule has 0 saturated heterocycles. The highest BCUT2D eigenvalue weighted by Crippen LogP contribution is 2.31. The minimum absolute atomic E-state index is 0.621. The van der Waals surface area contributed by atoms with Crippen LogP contribution in [0, 0.1) is 6.92 Å². The molecule has 1 aromatic heterocycles. The first kappa shape index (κ1) is 11.3. The zero-order valence-corrected chi connectivity index (χ0v) is 10.6. The molecular formula is C14H16N2O2. The van der Waals surface area contributed by atoms with Crippen molar-refractivity contribution in [2.75, 3.05) is 6.61 Å². The third-order valence-electron chi connectivity index (χ3n) is 3.60. The average Bonchev–Trinajstić information content (AvgIpc) is 2.96. The third-order valence-corrected chi connectivity index (χ3v) is 3.60. The Balaban J connectivity index is 1.97. The summed E-state index contributed by atoms with van der Waals surface area (Å²) in [6, 6.07) is 5.88. The second-order valence-corrected chi connectivity index (χ2v) is 4.68. The number of benzene rings is 1. The summed E-state index contributed by atoms with van der Waals surface area (Å²) in [6.45, 7) is 2.70. The van der Waals surface area contributed by atoms with Gasteiger partial charge in [0.05, 0.1) is 12.8 Å². The summed E-state index contributed by atoms with van der Waals surface area (Å²) < 4.78 is 7.24. The molecule has 94 valence electrons. The number of hydrogen-bond donors (Lipinski definition) is 1. The monoisotopic (exact) mass is 244 g/mol. The van der Waals surface area contributed by atoms with Gasteiger partial charge in [-0.2, -0.15) is 5.10 Å². The number of aliphatic hydroxyl groups excluding tert-OH is 1. The molecule has 0 amide bonds. The summed E-state index contributed by atoms with van der Waals surface area (Å²) in [4.78, 5) is 0. The number of rotatable bonds is 2. The quantitative estimate of drug-likeness (QED) is 0.875. The van der Waals surface area contributed by atoms with Gasteiger partial charge >= 0.3 is 0 Å². The van der Waals surface area contributed by atoms with Crippen LogP contribution in [0.5, 0.6) is 5.75 Å². The van der Waals surface area contributed by atoms with Crippen LogP contribution in [0.1, 0.15) is 28.5 Å². The zero-order valence-electron chi connectivity index (χ0n) is 10.6. The van der Waals surface area contributed by atoms with Crippen molar-refractivity contribution in [3.63, 3.8) is 0 Å². The molecule has 1 unspecified atom stereocenters. The van der Waals surface area contributed by atoms with Gasteiger partial charge in [0.2, 0.25) is 0 Å². The Morgan fingerprint density at radius 2 is 2.28 bits per heavy atom. The van der Waals surface area contributed by atoms with Crippen molar-refractivity contribution >= 4 is 0 Å². The van der Waals surface area contributed by atoms with Crippen LogP contribution >= 0.6 is 0 Å². The van der Waals surface area contributed by atoms with Crippen molar-refractivity contribution in [2.45, 2.75) is 19.4 Å². The van der Waals surface area contributed by atoms with Crippen molar-refractivity contribution in [3.8, 4) is 5.75 Å². The summed E-state index contributed by atoms with van der Waals surface area (Å²) in [5.74, 6) is 0.939. The molecule has 1 N–H and O–H groups in total. The lowest BCUT2D eigenvalue weighted by atomic mass is 9.99. The molecule has 2 aromatic rings. The van der Waals surface area contributed by atoms with Gasteiger partial charge in [-0.25, -0.2) is 0 Å². The van der Waals surface area contributed by atoms with E-state index in [1.54, 1.807) is 10.9 Å². The molecule has 2 heterocycles. The number of nitrogens with zero attached hydrogens (tertiary/aromatic N) is 2. The van der Waals surface area contributed by atoms with Gasteiger partial charge in [0.15, 0.2) is 0 Å². The van der Waals surface area contributed by atoms with Crippen LogP contribution in [0.25, 0.3) is 0 Å². The lowest BCUT2D eigenvalue weighted by Gasteiger charge is -2.12. The van der Waals surface area contributed by atoms with Crippen molar-refractivity contribution < 1.29 is 9.84 Å². The molecule has 0 spiro atoms. The molecule has 4 heteroatoms. The summed E-state index contributed by atoms with van der Waals surface area (Å²) in [5, 5.41) is 14.6. The molecule has 0 saturated carbocycles. The smallest absolute Gasteiger partial charge is 0.122 e. The van der Waals surface area contributed by atoms with E-state index in [1.807, 2.05) is 32.2 Å². The number of aromatic nitrogens is 2. The highest BCUT2D eigenvalue weighted by molar-refractivity contribution is 5.42. The molecule has 0 radical (unpaired) electrons. The number of hydrogen-bond acceptors (Lipinski definition) is 3. The summed E-state index contributed by atoms with van der Waals surface area (Å²) >= 11 is 0. The number of aliphatic hydroxyl groups is 1. The fourth-order valence-electron chi connectivity index (χ4n) is 2.34. The maximum atomic E-state index is 10.4. The van der Waals surface area contributed by atoms with Gasteiger partial charge in [0, 0.05) is 24.7 Å². The molecule has 1 aromatic carbocycles. The van der Waals surface area contributed by atoms with Crippen molar-refractivity contribution in [2.24, 2.45) is 7.05 Å². The van der Waals surface area contributed by atoms with Crippen LogP contribution in [-0.4, -0.2) is 21.5 Å². The molecule has 1 aliphatic rings. The summed E-state index contributed by atoms with van der Waals surface area (Å²) in [5.41, 5.74) is 3.92. The Bertz CT molecular complexity index is 589. The Labute approximate surface area is 106 Å². The third kappa shape index (κ3) is 1.69. The molecule has 3 rings (SSSR count). The van der Waals surface area contributed by atoms with Gasteiger partial charge in [-0.15, -0.1) is 0 Å². The molecule has 1 atom stereocenters. The normalized spacial score (nSPS) is 15.3. The van der Waals surface area contributed by atoms with E-state index < -0.39 is 6.10 Å². The van der Waals surface area contributed by atoms with Gasteiger partial charge in [0.1, 0.15) is 11.9 Å². The van der Waals surface area contributed by atoms with Crippen LogP contribution in [0.15, 0.2) is 24.4 Å². The fourth-order valence-corrected chi connectivity index (χ4v) is 2.34. The first-order chi connectivity index (χ1) is 8.66. The van der Waals surface area contributed by atoms with Crippen LogP contribution in [0.2, 0.25) is 0 Å². The van der Waals surface area contributed by atoms with Gasteiger partial charge < -0.3 is 9.84 Å². The topological polar surface area (TPSA) is 47.3 Å². The Kier molecular flexibility index (Phi) is 2.59. The van der Waals surface area contributed by atoms with E-state index in [1.165, 1.54) is 5.56 Å². The predicted molar refractivity (Wildman–Crippen MR) is 67.6 cm³/mol. The first-order valence-electron chi connectivity index (χ1n) is 6.09. The molecular weight excluding hydrogens is 228 g/mol. The van der Waals surface area contributed by atoms with Crippen molar-refractivity contribution in [1.29, 1.82) is 0 Å². The predicted octanol–water partition coefficient (Wildman–Crippen LogP) is 1.75. The van der Waals surface area contributed by atoms with Crippen LogP contribution in [-0.2, 0) is 13.5 Å². The summed E-state index contributed by atoms with van der Waals surface area (Å²) in [7, 11) is 1.88.